The molecule has 2 aromatic heterocycles. The van der Waals surface area contributed by atoms with Crippen molar-refractivity contribution in [1.82, 2.24) is 35.1 Å². The summed E-state index contributed by atoms with van der Waals surface area (Å²) >= 11 is 0. The number of aryl methyl sites for hydroxylation is 4. The standard InChI is InChI=1S/C22H31N7O/c1-16-12-18(3)20(13-17(16)2)21(24-7-5-9-28-10-8-23-15-28)22-25-26-27-29(22)14-19-6-4-11-30-19/h8,10,12-13,15,19,21,24H,4-7,9,11,14H2,1-3H3/t19-,21?/m0/s1. The Labute approximate surface area is 177 Å². The maximum atomic E-state index is 5.82. The van der Waals surface area contributed by atoms with Crippen LogP contribution in [0.25, 0.3) is 0 Å². The van der Waals surface area contributed by atoms with Crippen LogP contribution >= 0.6 is 0 Å². The van der Waals surface area contributed by atoms with Gasteiger partial charge in [-0.25, -0.2) is 9.67 Å². The number of rotatable bonds is 9. The molecule has 1 saturated heterocycles. The smallest absolute Gasteiger partial charge is 0.172 e. The summed E-state index contributed by atoms with van der Waals surface area (Å²) in [6.45, 7) is 9.77. The average Bonchev–Trinajstić information content (AvgIpc) is 3.49. The summed E-state index contributed by atoms with van der Waals surface area (Å²) in [6.07, 6.45) is 9.01. The normalized spacial score (nSPS) is 17.5. The van der Waals surface area contributed by atoms with Crippen molar-refractivity contribution in [2.24, 2.45) is 0 Å². The number of hydrogen-bond acceptors (Lipinski definition) is 6. The molecular formula is C22H31N7O. The van der Waals surface area contributed by atoms with Gasteiger partial charge in [0.25, 0.3) is 0 Å². The third kappa shape index (κ3) is 4.76. The second-order valence-corrected chi connectivity index (χ2v) is 8.19. The van der Waals surface area contributed by atoms with E-state index in [2.05, 4.69) is 63.3 Å². The van der Waals surface area contributed by atoms with Gasteiger partial charge in [0.15, 0.2) is 5.82 Å². The van der Waals surface area contributed by atoms with Gasteiger partial charge >= 0.3 is 0 Å². The zero-order chi connectivity index (χ0) is 20.9. The molecule has 0 bridgehead atoms. The van der Waals surface area contributed by atoms with E-state index >= 15 is 0 Å². The number of nitrogens with one attached hydrogen (secondary N) is 1. The van der Waals surface area contributed by atoms with Gasteiger partial charge in [0.05, 0.1) is 25.0 Å². The summed E-state index contributed by atoms with van der Waals surface area (Å²) in [5, 5.41) is 16.4. The lowest BCUT2D eigenvalue weighted by Crippen LogP contribution is -2.29. The van der Waals surface area contributed by atoms with Crippen LogP contribution in [-0.2, 0) is 17.8 Å². The molecule has 1 aliphatic heterocycles. The van der Waals surface area contributed by atoms with Crippen molar-refractivity contribution in [2.45, 2.75) is 65.3 Å². The van der Waals surface area contributed by atoms with Gasteiger partial charge in [-0.15, -0.1) is 5.10 Å². The Bertz CT molecular complexity index is 945. The molecule has 30 heavy (non-hydrogen) atoms. The Morgan fingerprint density at radius 2 is 2.07 bits per heavy atom. The number of benzene rings is 1. The predicted octanol–water partition coefficient (Wildman–Crippen LogP) is 2.74. The van der Waals surface area contributed by atoms with Gasteiger partial charge in [0.2, 0.25) is 0 Å². The summed E-state index contributed by atoms with van der Waals surface area (Å²) in [4.78, 5) is 4.12. The number of tetrazole rings is 1. The van der Waals surface area contributed by atoms with Crippen LogP contribution in [0.15, 0.2) is 30.9 Å². The first kappa shape index (κ1) is 20.7. The highest BCUT2D eigenvalue weighted by molar-refractivity contribution is 5.40. The third-order valence-electron chi connectivity index (χ3n) is 5.91. The van der Waals surface area contributed by atoms with Gasteiger partial charge < -0.3 is 14.6 Å². The van der Waals surface area contributed by atoms with Crippen molar-refractivity contribution in [1.29, 1.82) is 0 Å². The molecule has 8 heteroatoms. The first-order chi connectivity index (χ1) is 14.6. The molecule has 2 atom stereocenters. The van der Waals surface area contributed by atoms with E-state index < -0.39 is 0 Å². The maximum Gasteiger partial charge on any atom is 0.172 e. The highest BCUT2D eigenvalue weighted by Gasteiger charge is 2.25. The number of ether oxygens (including phenoxy) is 1. The fourth-order valence-electron chi connectivity index (χ4n) is 4.09. The van der Waals surface area contributed by atoms with Crippen molar-refractivity contribution < 1.29 is 4.74 Å². The van der Waals surface area contributed by atoms with Crippen LogP contribution in [0.3, 0.4) is 0 Å². The van der Waals surface area contributed by atoms with Gasteiger partial charge in [-0.3, -0.25) is 0 Å². The van der Waals surface area contributed by atoms with Gasteiger partial charge in [-0.2, -0.15) is 0 Å². The number of nitrogens with zero attached hydrogens (tertiary/aromatic N) is 6. The Hall–Kier alpha value is -2.58. The van der Waals surface area contributed by atoms with E-state index in [1.807, 2.05) is 23.4 Å². The highest BCUT2D eigenvalue weighted by atomic mass is 16.5. The lowest BCUT2D eigenvalue weighted by molar-refractivity contribution is 0.0923. The molecule has 1 fully saturated rings. The zero-order valence-corrected chi connectivity index (χ0v) is 18.1. The van der Waals surface area contributed by atoms with E-state index in [9.17, 15) is 0 Å². The monoisotopic (exact) mass is 409 g/mol. The molecule has 0 radical (unpaired) electrons. The molecule has 0 amide bonds. The molecule has 0 aliphatic carbocycles. The molecule has 0 saturated carbocycles. The molecular weight excluding hydrogens is 378 g/mol. The van der Waals surface area contributed by atoms with Gasteiger partial charge in [0, 0.05) is 25.5 Å². The predicted molar refractivity (Wildman–Crippen MR) is 114 cm³/mol. The van der Waals surface area contributed by atoms with E-state index in [1.54, 1.807) is 0 Å². The summed E-state index contributed by atoms with van der Waals surface area (Å²) in [6, 6.07) is 4.45. The minimum absolute atomic E-state index is 0.0662. The molecule has 0 spiro atoms. The zero-order valence-electron chi connectivity index (χ0n) is 18.1. The Kier molecular flexibility index (Phi) is 6.54. The first-order valence-corrected chi connectivity index (χ1v) is 10.8. The van der Waals surface area contributed by atoms with Crippen molar-refractivity contribution >= 4 is 0 Å². The fourth-order valence-corrected chi connectivity index (χ4v) is 4.09. The lowest BCUT2D eigenvalue weighted by atomic mass is 9.95. The molecule has 1 aromatic carbocycles. The fraction of sp³-hybridized carbons (Fsp3) is 0.545. The molecule has 8 nitrogen and oxygen atoms in total. The van der Waals surface area contributed by atoms with Gasteiger partial charge in [0.1, 0.15) is 0 Å². The van der Waals surface area contributed by atoms with Gasteiger partial charge in [-0.1, -0.05) is 12.1 Å². The van der Waals surface area contributed by atoms with Crippen LogP contribution in [0, 0.1) is 20.8 Å². The van der Waals surface area contributed by atoms with Crippen LogP contribution in [-0.4, -0.2) is 49.0 Å². The summed E-state index contributed by atoms with van der Waals surface area (Å²) in [5.74, 6) is 0.847. The Morgan fingerprint density at radius 3 is 2.83 bits per heavy atom. The van der Waals surface area contributed by atoms with Crippen LogP contribution in [0.4, 0.5) is 0 Å². The SMILES string of the molecule is Cc1cc(C)c(C(NCCCn2ccnc2)c2nnnn2C[C@@H]2CCCO2)cc1C. The van der Waals surface area contributed by atoms with Crippen molar-refractivity contribution in [3.8, 4) is 0 Å². The Balaban J connectivity index is 1.56. The second kappa shape index (κ2) is 9.49. The average molecular weight is 410 g/mol. The van der Waals surface area contributed by atoms with Crippen molar-refractivity contribution in [3.63, 3.8) is 0 Å². The summed E-state index contributed by atoms with van der Waals surface area (Å²) < 4.78 is 9.83. The lowest BCUT2D eigenvalue weighted by Gasteiger charge is -2.22. The number of hydrogen-bond donors (Lipinski definition) is 1. The van der Waals surface area contributed by atoms with Crippen LogP contribution in [0.1, 0.15) is 53.4 Å². The molecule has 3 heterocycles. The van der Waals surface area contributed by atoms with E-state index in [0.29, 0.717) is 6.54 Å². The van der Waals surface area contributed by atoms with E-state index in [1.165, 1.54) is 22.3 Å². The third-order valence-corrected chi connectivity index (χ3v) is 5.91. The van der Waals surface area contributed by atoms with Crippen LogP contribution in [0.5, 0.6) is 0 Å². The molecule has 1 aliphatic rings. The topological polar surface area (TPSA) is 82.7 Å². The van der Waals surface area contributed by atoms with E-state index in [-0.39, 0.29) is 12.1 Å². The largest absolute Gasteiger partial charge is 0.376 e. The minimum atomic E-state index is -0.0662. The second-order valence-electron chi connectivity index (χ2n) is 8.19. The molecule has 1 unspecified atom stereocenters. The van der Waals surface area contributed by atoms with Crippen LogP contribution < -0.4 is 5.32 Å². The number of aromatic nitrogens is 6. The van der Waals surface area contributed by atoms with Crippen LogP contribution in [0.2, 0.25) is 0 Å². The molecule has 160 valence electrons. The van der Waals surface area contributed by atoms with E-state index in [4.69, 9.17) is 4.74 Å². The Morgan fingerprint density at radius 1 is 1.20 bits per heavy atom. The molecule has 4 rings (SSSR count). The quantitative estimate of drug-likeness (QED) is 0.547. The van der Waals surface area contributed by atoms with Gasteiger partial charge in [-0.05, 0) is 79.3 Å². The minimum Gasteiger partial charge on any atom is -0.376 e. The number of imidazole rings is 1. The van der Waals surface area contributed by atoms with E-state index in [0.717, 1.165) is 44.8 Å². The summed E-state index contributed by atoms with van der Waals surface area (Å²) in [7, 11) is 0. The first-order valence-electron chi connectivity index (χ1n) is 10.8. The van der Waals surface area contributed by atoms with Crippen molar-refractivity contribution in [3.05, 3.63) is 58.9 Å². The molecule has 3 aromatic rings. The maximum absolute atomic E-state index is 5.82. The van der Waals surface area contributed by atoms with Crippen molar-refractivity contribution in [2.75, 3.05) is 13.2 Å². The molecule has 1 N–H and O–H groups in total. The summed E-state index contributed by atoms with van der Waals surface area (Å²) in [5.41, 5.74) is 5.05. The highest BCUT2D eigenvalue weighted by Crippen LogP contribution is 2.27.